The number of amides is 1. The molecule has 0 bridgehead atoms. The van der Waals surface area contributed by atoms with Crippen molar-refractivity contribution >= 4 is 11.7 Å². The SMILES string of the molecule is CNC(=O)C[C@@H]1CN(c2cc(CO)cc(C)n2)C[C@H]1O. The first-order valence-electron chi connectivity index (χ1n) is 6.75. The summed E-state index contributed by atoms with van der Waals surface area (Å²) >= 11 is 0. The molecule has 0 radical (unpaired) electrons. The van der Waals surface area contributed by atoms with E-state index in [1.54, 1.807) is 7.05 Å². The van der Waals surface area contributed by atoms with Gasteiger partial charge in [-0.1, -0.05) is 0 Å². The number of aromatic nitrogens is 1. The Morgan fingerprint density at radius 2 is 2.25 bits per heavy atom. The standard InChI is InChI=1S/C14H21N3O3/c1-9-3-10(8-18)4-13(16-9)17-6-11(12(19)7-17)5-14(20)15-2/h3-4,11-12,18-19H,5-8H2,1-2H3,(H,15,20)/t11-,12-/m1/s1. The second-order valence-corrected chi connectivity index (χ2v) is 5.24. The number of rotatable bonds is 4. The van der Waals surface area contributed by atoms with Crippen LogP contribution in [0, 0.1) is 12.8 Å². The number of hydrogen-bond donors (Lipinski definition) is 3. The van der Waals surface area contributed by atoms with Crippen LogP contribution in [0.1, 0.15) is 17.7 Å². The van der Waals surface area contributed by atoms with Crippen molar-refractivity contribution in [2.24, 2.45) is 5.92 Å². The Morgan fingerprint density at radius 1 is 1.50 bits per heavy atom. The highest BCUT2D eigenvalue weighted by Gasteiger charge is 2.33. The largest absolute Gasteiger partial charge is 0.392 e. The average Bonchev–Trinajstić information content (AvgIpc) is 2.79. The lowest BCUT2D eigenvalue weighted by Gasteiger charge is -2.18. The van der Waals surface area contributed by atoms with Gasteiger partial charge in [-0.05, 0) is 24.6 Å². The van der Waals surface area contributed by atoms with Crippen molar-refractivity contribution in [2.45, 2.75) is 26.1 Å². The zero-order valence-electron chi connectivity index (χ0n) is 11.8. The molecule has 1 aliphatic heterocycles. The smallest absolute Gasteiger partial charge is 0.220 e. The summed E-state index contributed by atoms with van der Waals surface area (Å²) in [5.41, 5.74) is 1.63. The van der Waals surface area contributed by atoms with Crippen LogP contribution in [0.25, 0.3) is 0 Å². The molecule has 1 aromatic rings. The Bertz CT molecular complexity index is 493. The first-order chi connectivity index (χ1) is 9.53. The molecule has 0 spiro atoms. The Hall–Kier alpha value is -1.66. The molecule has 2 rings (SSSR count). The molecule has 6 nitrogen and oxygen atoms in total. The molecule has 1 fully saturated rings. The van der Waals surface area contributed by atoms with Gasteiger partial charge in [-0.3, -0.25) is 4.79 Å². The first-order valence-corrected chi connectivity index (χ1v) is 6.75. The highest BCUT2D eigenvalue weighted by Crippen LogP contribution is 2.26. The predicted molar refractivity (Wildman–Crippen MR) is 75.3 cm³/mol. The number of nitrogens with zero attached hydrogens (tertiary/aromatic N) is 2. The van der Waals surface area contributed by atoms with E-state index in [4.69, 9.17) is 0 Å². The van der Waals surface area contributed by atoms with E-state index in [0.717, 1.165) is 17.1 Å². The molecule has 1 amide bonds. The Labute approximate surface area is 118 Å². The van der Waals surface area contributed by atoms with Crippen molar-refractivity contribution in [3.63, 3.8) is 0 Å². The number of aliphatic hydroxyl groups is 2. The van der Waals surface area contributed by atoms with Crippen LogP contribution in [0.2, 0.25) is 0 Å². The van der Waals surface area contributed by atoms with Crippen molar-refractivity contribution in [3.05, 3.63) is 23.4 Å². The van der Waals surface area contributed by atoms with Gasteiger partial charge in [0, 0.05) is 38.2 Å². The highest BCUT2D eigenvalue weighted by atomic mass is 16.3. The predicted octanol–water partition coefficient (Wildman–Crippen LogP) is -0.184. The molecule has 1 saturated heterocycles. The lowest BCUT2D eigenvalue weighted by Crippen LogP contribution is -2.27. The third kappa shape index (κ3) is 3.26. The van der Waals surface area contributed by atoms with Crippen LogP contribution in [-0.4, -0.2) is 47.3 Å². The van der Waals surface area contributed by atoms with Crippen molar-refractivity contribution < 1.29 is 15.0 Å². The number of nitrogens with one attached hydrogen (secondary N) is 1. The van der Waals surface area contributed by atoms with Crippen LogP contribution in [0.15, 0.2) is 12.1 Å². The zero-order valence-corrected chi connectivity index (χ0v) is 11.8. The van der Waals surface area contributed by atoms with Crippen LogP contribution in [0.3, 0.4) is 0 Å². The molecule has 2 atom stereocenters. The molecule has 0 aliphatic carbocycles. The minimum Gasteiger partial charge on any atom is -0.392 e. The third-order valence-electron chi connectivity index (χ3n) is 3.64. The average molecular weight is 279 g/mol. The van der Waals surface area contributed by atoms with Gasteiger partial charge in [0.2, 0.25) is 5.91 Å². The quantitative estimate of drug-likeness (QED) is 0.711. The lowest BCUT2D eigenvalue weighted by atomic mass is 10.0. The summed E-state index contributed by atoms with van der Waals surface area (Å²) in [6.07, 6.45) is -0.223. The summed E-state index contributed by atoms with van der Waals surface area (Å²) in [5, 5.41) is 21.9. The van der Waals surface area contributed by atoms with Crippen LogP contribution >= 0.6 is 0 Å². The van der Waals surface area contributed by atoms with E-state index in [2.05, 4.69) is 10.3 Å². The number of aliphatic hydroxyl groups excluding tert-OH is 2. The van der Waals surface area contributed by atoms with Crippen LogP contribution < -0.4 is 10.2 Å². The fourth-order valence-corrected chi connectivity index (χ4v) is 2.56. The summed E-state index contributed by atoms with van der Waals surface area (Å²) in [6, 6.07) is 3.65. The summed E-state index contributed by atoms with van der Waals surface area (Å²) in [7, 11) is 1.59. The maximum atomic E-state index is 11.4. The maximum absolute atomic E-state index is 11.4. The number of hydrogen-bond acceptors (Lipinski definition) is 5. The van der Waals surface area contributed by atoms with Crippen molar-refractivity contribution in [1.82, 2.24) is 10.3 Å². The monoisotopic (exact) mass is 279 g/mol. The Balaban J connectivity index is 2.11. The van der Waals surface area contributed by atoms with E-state index >= 15 is 0 Å². The molecule has 20 heavy (non-hydrogen) atoms. The topological polar surface area (TPSA) is 85.7 Å². The second kappa shape index (κ2) is 6.19. The molecule has 1 aliphatic rings. The van der Waals surface area contributed by atoms with Crippen LogP contribution in [-0.2, 0) is 11.4 Å². The third-order valence-corrected chi connectivity index (χ3v) is 3.64. The number of β-amino-alcohol motifs (C(OH)–C–C–N with tert-alkyl or cyclic N) is 1. The van der Waals surface area contributed by atoms with E-state index in [9.17, 15) is 15.0 Å². The fourth-order valence-electron chi connectivity index (χ4n) is 2.56. The van der Waals surface area contributed by atoms with Crippen molar-refractivity contribution in [1.29, 1.82) is 0 Å². The van der Waals surface area contributed by atoms with Gasteiger partial charge in [0.15, 0.2) is 0 Å². The van der Waals surface area contributed by atoms with Gasteiger partial charge in [0.25, 0.3) is 0 Å². The molecule has 0 unspecified atom stereocenters. The minimum atomic E-state index is -0.535. The molecule has 1 aromatic heterocycles. The number of aryl methyl sites for hydroxylation is 1. The van der Waals surface area contributed by atoms with Gasteiger partial charge >= 0.3 is 0 Å². The van der Waals surface area contributed by atoms with Crippen molar-refractivity contribution in [3.8, 4) is 0 Å². The molecule has 3 N–H and O–H groups in total. The number of carbonyl (C=O) groups is 1. The van der Waals surface area contributed by atoms with Gasteiger partial charge in [0.05, 0.1) is 12.7 Å². The Kier molecular flexibility index (Phi) is 4.57. The molecular formula is C14H21N3O3. The zero-order chi connectivity index (χ0) is 14.7. The van der Waals surface area contributed by atoms with E-state index in [-0.39, 0.29) is 18.4 Å². The van der Waals surface area contributed by atoms with E-state index in [1.165, 1.54) is 0 Å². The van der Waals surface area contributed by atoms with Gasteiger partial charge in [-0.25, -0.2) is 4.98 Å². The fraction of sp³-hybridized carbons (Fsp3) is 0.571. The number of pyridine rings is 1. The van der Waals surface area contributed by atoms with Gasteiger partial charge in [-0.15, -0.1) is 0 Å². The van der Waals surface area contributed by atoms with Crippen LogP contribution in [0.4, 0.5) is 5.82 Å². The van der Waals surface area contributed by atoms with E-state index in [1.807, 2.05) is 24.0 Å². The van der Waals surface area contributed by atoms with Gasteiger partial charge < -0.3 is 20.4 Å². The molecule has 0 aromatic carbocycles. The molecule has 110 valence electrons. The summed E-state index contributed by atoms with van der Waals surface area (Å²) < 4.78 is 0. The summed E-state index contributed by atoms with van der Waals surface area (Å²) in [5.74, 6) is 0.589. The second-order valence-electron chi connectivity index (χ2n) is 5.24. The molecule has 2 heterocycles. The maximum Gasteiger partial charge on any atom is 0.220 e. The molecule has 0 saturated carbocycles. The highest BCUT2D eigenvalue weighted by molar-refractivity contribution is 5.76. The summed E-state index contributed by atoms with van der Waals surface area (Å²) in [6.45, 7) is 2.89. The minimum absolute atomic E-state index is 0.0333. The lowest BCUT2D eigenvalue weighted by molar-refractivity contribution is -0.122. The number of anilines is 1. The number of carbonyl (C=O) groups excluding carboxylic acids is 1. The van der Waals surface area contributed by atoms with Gasteiger partial charge in [0.1, 0.15) is 5.82 Å². The molecular weight excluding hydrogens is 258 g/mol. The van der Waals surface area contributed by atoms with Gasteiger partial charge in [-0.2, -0.15) is 0 Å². The van der Waals surface area contributed by atoms with E-state index in [0.29, 0.717) is 19.5 Å². The Morgan fingerprint density at radius 3 is 2.90 bits per heavy atom. The van der Waals surface area contributed by atoms with E-state index < -0.39 is 6.10 Å². The summed E-state index contributed by atoms with van der Waals surface area (Å²) in [4.78, 5) is 17.8. The van der Waals surface area contributed by atoms with Crippen molar-refractivity contribution in [2.75, 3.05) is 25.0 Å². The normalized spacial score (nSPS) is 22.1. The first kappa shape index (κ1) is 14.7. The molecule has 6 heteroatoms. The van der Waals surface area contributed by atoms with Crippen LogP contribution in [0.5, 0.6) is 0 Å².